The standard InChI is InChI=1S/C25H39N3O3/c1-3-18(4-2)16-27(24(30)17-29)11-6-12-28-22-9-10-23(28)15-21(14-22)19-7-5-8-20(13-19)25(26)31/h5,7-8,13,18,21-23,29H,3-4,6,9-12,14-17H2,1-2H3,(H2,26,31)/t21-,22-,23+. The van der Waals surface area contributed by atoms with Crippen molar-refractivity contribution >= 4 is 11.8 Å². The highest BCUT2D eigenvalue weighted by atomic mass is 16.3. The Morgan fingerprint density at radius 3 is 2.45 bits per heavy atom. The maximum atomic E-state index is 12.2. The molecule has 2 aliphatic rings. The van der Waals surface area contributed by atoms with Gasteiger partial charge in [0.2, 0.25) is 11.8 Å². The van der Waals surface area contributed by atoms with Crippen molar-refractivity contribution in [2.24, 2.45) is 11.7 Å². The number of hydrogen-bond donors (Lipinski definition) is 2. The van der Waals surface area contributed by atoms with Gasteiger partial charge in [-0.15, -0.1) is 0 Å². The summed E-state index contributed by atoms with van der Waals surface area (Å²) in [7, 11) is 0. The summed E-state index contributed by atoms with van der Waals surface area (Å²) in [6.45, 7) is 6.39. The first kappa shape index (κ1) is 23.7. The molecule has 2 heterocycles. The first-order valence-corrected chi connectivity index (χ1v) is 12.0. The van der Waals surface area contributed by atoms with Gasteiger partial charge in [0.05, 0.1) is 0 Å². The third-order valence-corrected chi connectivity index (χ3v) is 7.49. The number of piperidine rings is 1. The van der Waals surface area contributed by atoms with Crippen LogP contribution in [0.3, 0.4) is 0 Å². The van der Waals surface area contributed by atoms with Gasteiger partial charge in [-0.05, 0) is 61.6 Å². The minimum Gasteiger partial charge on any atom is -0.387 e. The summed E-state index contributed by atoms with van der Waals surface area (Å²) in [6.07, 6.45) is 7.74. The lowest BCUT2D eigenvalue weighted by molar-refractivity contribution is -0.135. The van der Waals surface area contributed by atoms with Gasteiger partial charge in [0.15, 0.2) is 0 Å². The van der Waals surface area contributed by atoms with E-state index in [9.17, 15) is 14.7 Å². The highest BCUT2D eigenvalue weighted by Gasteiger charge is 2.40. The topological polar surface area (TPSA) is 86.9 Å². The summed E-state index contributed by atoms with van der Waals surface area (Å²) in [5.41, 5.74) is 7.30. The number of carbonyl (C=O) groups excluding carboxylic acids is 2. The first-order chi connectivity index (χ1) is 15.0. The molecular formula is C25H39N3O3. The lowest BCUT2D eigenvalue weighted by Crippen LogP contribution is -2.44. The minimum absolute atomic E-state index is 0.150. The second kappa shape index (κ2) is 11.1. The fourth-order valence-corrected chi connectivity index (χ4v) is 5.58. The van der Waals surface area contributed by atoms with Gasteiger partial charge < -0.3 is 15.7 Å². The molecule has 2 amide bonds. The Morgan fingerprint density at radius 2 is 1.87 bits per heavy atom. The number of primary amides is 1. The van der Waals surface area contributed by atoms with E-state index < -0.39 is 6.61 Å². The smallest absolute Gasteiger partial charge is 0.248 e. The lowest BCUT2D eigenvalue weighted by Gasteiger charge is -2.39. The highest BCUT2D eigenvalue weighted by Crippen LogP contribution is 2.43. The Labute approximate surface area is 186 Å². The van der Waals surface area contributed by atoms with Gasteiger partial charge in [0.1, 0.15) is 6.61 Å². The van der Waals surface area contributed by atoms with Crippen LogP contribution in [0.2, 0.25) is 0 Å². The summed E-state index contributed by atoms with van der Waals surface area (Å²) in [5.74, 6) is 0.467. The van der Waals surface area contributed by atoms with Crippen molar-refractivity contribution in [2.45, 2.75) is 76.8 Å². The van der Waals surface area contributed by atoms with Crippen molar-refractivity contribution in [3.63, 3.8) is 0 Å². The number of rotatable bonds is 11. The number of amides is 2. The molecule has 0 aromatic heterocycles. The average molecular weight is 430 g/mol. The molecule has 3 atom stereocenters. The van der Waals surface area contributed by atoms with Gasteiger partial charge in [0, 0.05) is 37.3 Å². The molecule has 0 saturated carbocycles. The van der Waals surface area contributed by atoms with Crippen LogP contribution in [0, 0.1) is 5.92 Å². The van der Waals surface area contributed by atoms with Crippen molar-refractivity contribution in [3.05, 3.63) is 35.4 Å². The van der Waals surface area contributed by atoms with Gasteiger partial charge in [0.25, 0.3) is 0 Å². The lowest BCUT2D eigenvalue weighted by atomic mass is 9.84. The van der Waals surface area contributed by atoms with Crippen LogP contribution in [0.4, 0.5) is 0 Å². The molecule has 1 aromatic carbocycles. The van der Waals surface area contributed by atoms with Crippen molar-refractivity contribution in [1.82, 2.24) is 9.80 Å². The molecule has 2 saturated heterocycles. The van der Waals surface area contributed by atoms with E-state index in [0.29, 0.717) is 29.5 Å². The molecule has 0 unspecified atom stereocenters. The van der Waals surface area contributed by atoms with Crippen molar-refractivity contribution in [3.8, 4) is 0 Å². The van der Waals surface area contributed by atoms with Gasteiger partial charge in [-0.1, -0.05) is 38.8 Å². The normalized spacial score (nSPS) is 23.3. The van der Waals surface area contributed by atoms with Crippen LogP contribution < -0.4 is 5.73 Å². The van der Waals surface area contributed by atoms with Gasteiger partial charge in [-0.2, -0.15) is 0 Å². The highest BCUT2D eigenvalue weighted by molar-refractivity contribution is 5.92. The van der Waals surface area contributed by atoms with E-state index in [0.717, 1.165) is 51.7 Å². The molecule has 0 spiro atoms. The molecule has 1 aromatic rings. The Bertz CT molecular complexity index is 735. The summed E-state index contributed by atoms with van der Waals surface area (Å²) in [6, 6.07) is 8.97. The number of benzene rings is 1. The van der Waals surface area contributed by atoms with E-state index in [1.807, 2.05) is 17.0 Å². The zero-order chi connectivity index (χ0) is 22.4. The fourth-order valence-electron chi connectivity index (χ4n) is 5.58. The van der Waals surface area contributed by atoms with Gasteiger partial charge in [-0.3, -0.25) is 14.5 Å². The predicted molar refractivity (Wildman–Crippen MR) is 123 cm³/mol. The second-order valence-electron chi connectivity index (χ2n) is 9.31. The predicted octanol–water partition coefficient (Wildman–Crippen LogP) is 3.14. The zero-order valence-electron chi connectivity index (χ0n) is 19.1. The molecule has 31 heavy (non-hydrogen) atoms. The largest absolute Gasteiger partial charge is 0.387 e. The molecule has 2 bridgehead atoms. The molecule has 2 fully saturated rings. The molecule has 0 aliphatic carbocycles. The molecular weight excluding hydrogens is 390 g/mol. The molecule has 6 heteroatoms. The van der Waals surface area contributed by atoms with Crippen LogP contribution in [0.25, 0.3) is 0 Å². The number of aliphatic hydroxyl groups excluding tert-OH is 1. The second-order valence-corrected chi connectivity index (χ2v) is 9.31. The number of hydrogen-bond acceptors (Lipinski definition) is 4. The van der Waals surface area contributed by atoms with Crippen molar-refractivity contribution in [1.29, 1.82) is 0 Å². The fraction of sp³-hybridized carbons (Fsp3) is 0.680. The molecule has 0 radical (unpaired) electrons. The Hall–Kier alpha value is -1.92. The van der Waals surface area contributed by atoms with Gasteiger partial charge >= 0.3 is 0 Å². The van der Waals surface area contributed by atoms with E-state index >= 15 is 0 Å². The third-order valence-electron chi connectivity index (χ3n) is 7.49. The number of nitrogens with two attached hydrogens (primary N) is 1. The van der Waals surface area contributed by atoms with Crippen LogP contribution in [-0.2, 0) is 4.79 Å². The Kier molecular flexibility index (Phi) is 8.50. The van der Waals surface area contributed by atoms with Crippen LogP contribution in [0.15, 0.2) is 24.3 Å². The molecule has 172 valence electrons. The molecule has 6 nitrogen and oxygen atoms in total. The van der Waals surface area contributed by atoms with Crippen LogP contribution >= 0.6 is 0 Å². The van der Waals surface area contributed by atoms with Crippen LogP contribution in [0.1, 0.15) is 80.6 Å². The Balaban J connectivity index is 1.55. The SMILES string of the molecule is CCC(CC)CN(CCCN1[C@@H]2CC[C@H]1C[C@H](c1cccc(C(N)=O)c1)C2)C(=O)CO. The molecule has 3 N–H and O–H groups in total. The van der Waals surface area contributed by atoms with E-state index in [4.69, 9.17) is 5.73 Å². The average Bonchev–Trinajstić information content (AvgIpc) is 3.02. The van der Waals surface area contributed by atoms with Crippen molar-refractivity contribution < 1.29 is 14.7 Å². The molecule has 2 aliphatic heterocycles. The van der Waals surface area contributed by atoms with E-state index in [1.54, 1.807) is 6.07 Å². The van der Waals surface area contributed by atoms with E-state index in [2.05, 4.69) is 24.8 Å². The summed E-state index contributed by atoms with van der Waals surface area (Å²) in [4.78, 5) is 28.3. The summed E-state index contributed by atoms with van der Waals surface area (Å²) in [5, 5.41) is 9.37. The number of fused-ring (bicyclic) bond motifs is 2. The van der Waals surface area contributed by atoms with Crippen LogP contribution in [0.5, 0.6) is 0 Å². The monoisotopic (exact) mass is 429 g/mol. The van der Waals surface area contributed by atoms with Crippen molar-refractivity contribution in [2.75, 3.05) is 26.2 Å². The number of carbonyl (C=O) groups is 2. The maximum absolute atomic E-state index is 12.2. The number of aliphatic hydroxyl groups is 1. The molecule has 3 rings (SSSR count). The van der Waals surface area contributed by atoms with Crippen LogP contribution in [-0.4, -0.2) is 65.0 Å². The number of nitrogens with zero attached hydrogens (tertiary/aromatic N) is 2. The van der Waals surface area contributed by atoms with E-state index in [1.165, 1.54) is 18.4 Å². The minimum atomic E-state index is -0.402. The Morgan fingerprint density at radius 1 is 1.19 bits per heavy atom. The maximum Gasteiger partial charge on any atom is 0.248 e. The third kappa shape index (κ3) is 5.86. The van der Waals surface area contributed by atoms with E-state index in [-0.39, 0.29) is 11.8 Å². The summed E-state index contributed by atoms with van der Waals surface area (Å²) >= 11 is 0. The quantitative estimate of drug-likeness (QED) is 0.566. The summed E-state index contributed by atoms with van der Waals surface area (Å²) < 4.78 is 0. The van der Waals surface area contributed by atoms with Gasteiger partial charge in [-0.25, -0.2) is 0 Å². The first-order valence-electron chi connectivity index (χ1n) is 12.0. The zero-order valence-corrected chi connectivity index (χ0v) is 19.1.